The average molecular weight is 830 g/mol. The predicted molar refractivity (Wildman–Crippen MR) is 273 cm³/mol. The Balaban J connectivity index is 1.44. The molecule has 0 saturated heterocycles. The van der Waals surface area contributed by atoms with E-state index in [1.54, 1.807) is 0 Å². The molecule has 0 amide bonds. The second-order valence-corrected chi connectivity index (χ2v) is 17.1. The van der Waals surface area contributed by atoms with E-state index >= 15 is 0 Å². The summed E-state index contributed by atoms with van der Waals surface area (Å²) in [5, 5.41) is 5.98. The number of rotatable bonds is 9. The Labute approximate surface area is 378 Å². The minimum absolute atomic E-state index is 0.236. The smallest absolute Gasteiger partial charge is 0.0757 e. The molecular formula is C61H55N3. The molecule has 6 aromatic rings. The van der Waals surface area contributed by atoms with Crippen molar-refractivity contribution >= 4 is 33.8 Å². The Morgan fingerprint density at radius 3 is 2.17 bits per heavy atom. The zero-order chi connectivity index (χ0) is 44.0. The number of fused-ring (bicyclic) bond motifs is 3. The number of hydrogen-bond donors (Lipinski definition) is 0. The van der Waals surface area contributed by atoms with Crippen molar-refractivity contribution in [1.29, 1.82) is 0 Å². The normalized spacial score (nSPS) is 17.6. The molecule has 9 rings (SSSR count). The van der Waals surface area contributed by atoms with E-state index in [1.807, 2.05) is 18.5 Å². The molecule has 0 fully saturated rings. The van der Waals surface area contributed by atoms with Crippen molar-refractivity contribution in [2.24, 2.45) is 5.41 Å². The zero-order valence-corrected chi connectivity index (χ0v) is 37.4. The molecule has 3 aliphatic rings. The SMILES string of the molecule is C=C/C=C(\C=C/C)C1=c2c(c3ccc(-c4ccccc4)cc3n2N(C2=CC3=C(/C=C/C=CC/C=C(\C)C3(C)C)CC=C2)c2ccc(-c3ccncc3)cc2)=CC(c2ccccc2)=CC1. The van der Waals surface area contributed by atoms with Crippen LogP contribution in [0.15, 0.2) is 241 Å². The Kier molecular flexibility index (Phi) is 12.1. The van der Waals surface area contributed by atoms with Crippen LogP contribution in [0.4, 0.5) is 5.69 Å². The van der Waals surface area contributed by atoms with E-state index in [-0.39, 0.29) is 5.41 Å². The van der Waals surface area contributed by atoms with Crippen molar-refractivity contribution in [2.75, 3.05) is 5.01 Å². The van der Waals surface area contributed by atoms with Gasteiger partial charge in [-0.3, -0.25) is 4.98 Å². The first-order valence-corrected chi connectivity index (χ1v) is 22.4. The number of benzene rings is 4. The van der Waals surface area contributed by atoms with Crippen molar-refractivity contribution in [3.05, 3.63) is 257 Å². The number of hydrogen-bond acceptors (Lipinski definition) is 2. The highest BCUT2D eigenvalue weighted by Crippen LogP contribution is 2.42. The van der Waals surface area contributed by atoms with Crippen LogP contribution in [0, 0.1) is 5.41 Å². The fourth-order valence-electron chi connectivity index (χ4n) is 9.26. The number of pyridine rings is 1. The third-order valence-corrected chi connectivity index (χ3v) is 12.9. The lowest BCUT2D eigenvalue weighted by Crippen LogP contribution is -2.42. The maximum absolute atomic E-state index is 4.30. The molecule has 0 bridgehead atoms. The van der Waals surface area contributed by atoms with Crippen LogP contribution in [0.3, 0.4) is 0 Å². The molecule has 0 N–H and O–H groups in total. The maximum atomic E-state index is 4.30. The molecule has 314 valence electrons. The lowest BCUT2D eigenvalue weighted by atomic mass is 9.74. The van der Waals surface area contributed by atoms with Crippen molar-refractivity contribution in [3.8, 4) is 22.3 Å². The molecule has 0 atom stereocenters. The second-order valence-electron chi connectivity index (χ2n) is 17.1. The summed E-state index contributed by atoms with van der Waals surface area (Å²) in [7, 11) is 0. The van der Waals surface area contributed by atoms with E-state index in [1.165, 1.54) is 49.6 Å². The van der Waals surface area contributed by atoms with Gasteiger partial charge in [0.05, 0.1) is 22.3 Å². The molecule has 3 nitrogen and oxygen atoms in total. The number of nitrogens with zero attached hydrogens (tertiary/aromatic N) is 3. The summed E-state index contributed by atoms with van der Waals surface area (Å²) in [5.41, 5.74) is 16.3. The molecule has 0 aliphatic heterocycles. The van der Waals surface area contributed by atoms with Crippen LogP contribution in [0.1, 0.15) is 52.5 Å². The quantitative estimate of drug-likeness (QED) is 0.107. The molecule has 0 radical (unpaired) electrons. The lowest BCUT2D eigenvalue weighted by Gasteiger charge is -2.33. The molecule has 0 spiro atoms. The van der Waals surface area contributed by atoms with Crippen LogP contribution in [0.2, 0.25) is 0 Å². The van der Waals surface area contributed by atoms with Crippen molar-refractivity contribution in [2.45, 2.75) is 47.0 Å². The molecule has 64 heavy (non-hydrogen) atoms. The molecule has 2 heterocycles. The average Bonchev–Trinajstić information content (AvgIpc) is 3.45. The van der Waals surface area contributed by atoms with Crippen LogP contribution >= 0.6 is 0 Å². The highest BCUT2D eigenvalue weighted by Gasteiger charge is 2.30. The van der Waals surface area contributed by atoms with Gasteiger partial charge in [-0.25, -0.2) is 9.69 Å². The number of aromatic nitrogens is 2. The van der Waals surface area contributed by atoms with Crippen molar-refractivity contribution in [1.82, 2.24) is 9.66 Å². The first-order valence-electron chi connectivity index (χ1n) is 22.4. The van der Waals surface area contributed by atoms with Gasteiger partial charge in [0.1, 0.15) is 0 Å². The van der Waals surface area contributed by atoms with Gasteiger partial charge < -0.3 is 0 Å². The largest absolute Gasteiger partial charge is 0.265 e. The van der Waals surface area contributed by atoms with Crippen LogP contribution in [-0.4, -0.2) is 9.66 Å². The van der Waals surface area contributed by atoms with Gasteiger partial charge in [0.15, 0.2) is 0 Å². The Morgan fingerprint density at radius 2 is 1.44 bits per heavy atom. The minimum atomic E-state index is -0.236. The Bertz CT molecular complexity index is 3140. The summed E-state index contributed by atoms with van der Waals surface area (Å²) in [6, 6.07) is 41.7. The van der Waals surface area contributed by atoms with E-state index in [0.29, 0.717) is 6.42 Å². The molecule has 0 saturated carbocycles. The fraction of sp³-hybridized carbons (Fsp3) is 0.131. The summed E-state index contributed by atoms with van der Waals surface area (Å²) in [6.07, 6.45) is 37.9. The molecule has 0 unspecified atom stereocenters. The summed E-state index contributed by atoms with van der Waals surface area (Å²) in [6.45, 7) is 13.4. The minimum Gasteiger partial charge on any atom is -0.265 e. The summed E-state index contributed by atoms with van der Waals surface area (Å²) < 4.78 is 2.52. The van der Waals surface area contributed by atoms with Gasteiger partial charge in [-0.1, -0.05) is 178 Å². The van der Waals surface area contributed by atoms with Gasteiger partial charge in [0.25, 0.3) is 0 Å². The van der Waals surface area contributed by atoms with Crippen molar-refractivity contribution < 1.29 is 0 Å². The molecule has 2 aromatic heterocycles. The highest BCUT2D eigenvalue weighted by atomic mass is 15.6. The van der Waals surface area contributed by atoms with Crippen LogP contribution < -0.4 is 15.6 Å². The first kappa shape index (κ1) is 41.8. The third-order valence-electron chi connectivity index (χ3n) is 12.9. The van der Waals surface area contributed by atoms with Crippen LogP contribution in [0.5, 0.6) is 0 Å². The topological polar surface area (TPSA) is 21.1 Å². The lowest BCUT2D eigenvalue weighted by molar-refractivity contribution is 0.544. The van der Waals surface area contributed by atoms with E-state index in [4.69, 9.17) is 0 Å². The standard InChI is InChI=1S/C61H55N3/c1-6-19-49(20-7-2)55-35-31-51(45-22-14-10-15-23-45)41-57-56-36-32-52(46-24-16-11-17-25-46)42-59(56)64(60(55)57)63(53-33-29-47(30-34-53)48-37-39-62-40-38-48)54-28-18-27-50-26-13-9-8-12-21-44(3)61(4,5)58(50)43-54/h6-11,13-26,28-34,36-43H,1,12,27,35H2,2-5H3/b9-8?,20-7-,26-13+,44-21+,49-19+. The van der Waals surface area contributed by atoms with Gasteiger partial charge in [-0.05, 0) is 137 Å². The van der Waals surface area contributed by atoms with Gasteiger partial charge in [0, 0.05) is 28.4 Å². The van der Waals surface area contributed by atoms with E-state index in [0.717, 1.165) is 57.4 Å². The second kappa shape index (κ2) is 18.5. The number of allylic oxidation sites excluding steroid dienone is 18. The van der Waals surface area contributed by atoms with Gasteiger partial charge in [-0.2, -0.15) is 0 Å². The zero-order valence-electron chi connectivity index (χ0n) is 37.4. The van der Waals surface area contributed by atoms with Gasteiger partial charge >= 0.3 is 0 Å². The third kappa shape index (κ3) is 8.25. The predicted octanol–water partition coefficient (Wildman–Crippen LogP) is 14.4. The van der Waals surface area contributed by atoms with E-state index in [9.17, 15) is 0 Å². The van der Waals surface area contributed by atoms with E-state index < -0.39 is 0 Å². The molecular weight excluding hydrogens is 775 g/mol. The van der Waals surface area contributed by atoms with Gasteiger partial charge in [-0.15, -0.1) is 0 Å². The van der Waals surface area contributed by atoms with E-state index in [2.05, 4.69) is 243 Å². The molecule has 4 aromatic carbocycles. The Hall–Kier alpha value is -7.49. The molecule has 3 heteroatoms. The van der Waals surface area contributed by atoms with Crippen LogP contribution in [0.25, 0.3) is 50.4 Å². The van der Waals surface area contributed by atoms with Crippen molar-refractivity contribution in [3.63, 3.8) is 0 Å². The van der Waals surface area contributed by atoms with Gasteiger partial charge in [0.2, 0.25) is 0 Å². The fourth-order valence-corrected chi connectivity index (χ4v) is 9.26. The Morgan fingerprint density at radius 1 is 0.734 bits per heavy atom. The summed E-state index contributed by atoms with van der Waals surface area (Å²) >= 11 is 0. The maximum Gasteiger partial charge on any atom is 0.0757 e. The molecule has 3 aliphatic carbocycles. The number of anilines is 1. The van der Waals surface area contributed by atoms with Crippen LogP contribution in [-0.2, 0) is 0 Å². The monoisotopic (exact) mass is 829 g/mol. The highest BCUT2D eigenvalue weighted by molar-refractivity contribution is 5.97. The first-order chi connectivity index (χ1) is 31.4. The summed E-state index contributed by atoms with van der Waals surface area (Å²) in [5.74, 6) is 0. The summed E-state index contributed by atoms with van der Waals surface area (Å²) in [4.78, 5) is 4.30.